The van der Waals surface area contributed by atoms with Gasteiger partial charge in [0.2, 0.25) is 6.29 Å². The van der Waals surface area contributed by atoms with Gasteiger partial charge >= 0.3 is 0 Å². The largest absolute Gasteiger partial charge is 0.376 e. The van der Waals surface area contributed by atoms with Crippen LogP contribution in [0.3, 0.4) is 0 Å². The second-order valence-electron chi connectivity index (χ2n) is 4.24. The predicted octanol–water partition coefficient (Wildman–Crippen LogP) is 1.53. The molecule has 6 nitrogen and oxygen atoms in total. The van der Waals surface area contributed by atoms with Crippen molar-refractivity contribution in [1.29, 1.82) is 0 Å². The van der Waals surface area contributed by atoms with E-state index in [9.17, 15) is 0 Å². The summed E-state index contributed by atoms with van der Waals surface area (Å²) in [6.07, 6.45) is 3.94. The van der Waals surface area contributed by atoms with Crippen molar-refractivity contribution in [3.8, 4) is 0 Å². The van der Waals surface area contributed by atoms with Crippen molar-refractivity contribution in [1.82, 2.24) is 15.0 Å². The van der Waals surface area contributed by atoms with Crippen LogP contribution in [0.4, 0.5) is 0 Å². The Balaban J connectivity index is 1.94. The Morgan fingerprint density at radius 3 is 2.83 bits per heavy atom. The first kappa shape index (κ1) is 13.5. The van der Waals surface area contributed by atoms with E-state index in [4.69, 9.17) is 14.2 Å². The molecule has 0 amide bonds. The van der Waals surface area contributed by atoms with Gasteiger partial charge in [-0.1, -0.05) is 5.21 Å². The average molecular weight is 255 g/mol. The maximum Gasteiger partial charge on any atom is 0.204 e. The Kier molecular flexibility index (Phi) is 5.10. The van der Waals surface area contributed by atoms with Crippen LogP contribution in [-0.2, 0) is 20.8 Å². The lowest BCUT2D eigenvalue weighted by atomic mass is 10.2. The van der Waals surface area contributed by atoms with Crippen LogP contribution >= 0.6 is 0 Å². The molecule has 0 N–H and O–H groups in total. The van der Waals surface area contributed by atoms with Crippen LogP contribution in [-0.4, -0.2) is 40.9 Å². The van der Waals surface area contributed by atoms with Crippen LogP contribution < -0.4 is 0 Å². The second-order valence-corrected chi connectivity index (χ2v) is 4.24. The molecule has 1 saturated heterocycles. The molecular weight excluding hydrogens is 234 g/mol. The summed E-state index contributed by atoms with van der Waals surface area (Å²) in [5, 5.41) is 8.19. The van der Waals surface area contributed by atoms with Crippen molar-refractivity contribution in [2.45, 2.75) is 45.6 Å². The molecule has 0 aliphatic carbocycles. The van der Waals surface area contributed by atoms with Crippen molar-refractivity contribution in [3.63, 3.8) is 0 Å². The molecule has 0 spiro atoms. The van der Waals surface area contributed by atoms with Crippen LogP contribution in [0.15, 0.2) is 6.20 Å². The zero-order valence-electron chi connectivity index (χ0n) is 11.0. The van der Waals surface area contributed by atoms with Crippen LogP contribution in [0, 0.1) is 0 Å². The SMILES string of the molecule is CCOC(OCC)c1cn(CC2CCCO2)nn1. The van der Waals surface area contributed by atoms with Gasteiger partial charge in [-0.15, -0.1) is 5.10 Å². The van der Waals surface area contributed by atoms with Crippen LogP contribution in [0.5, 0.6) is 0 Å². The third kappa shape index (κ3) is 3.51. The summed E-state index contributed by atoms with van der Waals surface area (Å²) in [6, 6.07) is 0. The summed E-state index contributed by atoms with van der Waals surface area (Å²) in [5.74, 6) is 0. The van der Waals surface area contributed by atoms with E-state index < -0.39 is 6.29 Å². The molecule has 0 saturated carbocycles. The molecule has 102 valence electrons. The van der Waals surface area contributed by atoms with E-state index in [1.54, 1.807) is 4.68 Å². The number of rotatable bonds is 7. The van der Waals surface area contributed by atoms with E-state index in [1.165, 1.54) is 0 Å². The van der Waals surface area contributed by atoms with Gasteiger partial charge in [0.15, 0.2) is 0 Å². The minimum atomic E-state index is -0.418. The van der Waals surface area contributed by atoms with Gasteiger partial charge in [0.05, 0.1) is 18.8 Å². The Morgan fingerprint density at radius 1 is 1.44 bits per heavy atom. The standard InChI is InChI=1S/C12H21N3O3/c1-3-16-12(17-4-2)11-9-15(14-13-11)8-10-6-5-7-18-10/h9-10,12H,3-8H2,1-2H3. The molecule has 1 aliphatic rings. The molecule has 0 aromatic carbocycles. The van der Waals surface area contributed by atoms with Gasteiger partial charge in [0.1, 0.15) is 5.69 Å². The molecule has 2 heterocycles. The maximum absolute atomic E-state index is 5.57. The molecule has 1 aromatic heterocycles. The van der Waals surface area contributed by atoms with E-state index in [1.807, 2.05) is 20.0 Å². The smallest absolute Gasteiger partial charge is 0.204 e. The second kappa shape index (κ2) is 6.82. The third-order valence-electron chi connectivity index (χ3n) is 2.85. The highest BCUT2D eigenvalue weighted by atomic mass is 16.7. The lowest BCUT2D eigenvalue weighted by molar-refractivity contribution is -0.142. The Hall–Kier alpha value is -0.980. The summed E-state index contributed by atoms with van der Waals surface area (Å²) in [6.45, 7) is 6.64. The van der Waals surface area contributed by atoms with Gasteiger partial charge in [-0.2, -0.15) is 0 Å². The van der Waals surface area contributed by atoms with Crippen LogP contribution in [0.25, 0.3) is 0 Å². The van der Waals surface area contributed by atoms with Gasteiger partial charge in [-0.25, -0.2) is 4.68 Å². The molecule has 1 atom stereocenters. The Morgan fingerprint density at radius 2 is 2.22 bits per heavy atom. The molecule has 18 heavy (non-hydrogen) atoms. The van der Waals surface area contributed by atoms with E-state index in [-0.39, 0.29) is 6.10 Å². The van der Waals surface area contributed by atoms with E-state index in [0.717, 1.165) is 31.7 Å². The van der Waals surface area contributed by atoms with Crippen molar-refractivity contribution in [3.05, 3.63) is 11.9 Å². The number of nitrogens with zero attached hydrogens (tertiary/aromatic N) is 3. The van der Waals surface area contributed by atoms with Gasteiger partial charge in [-0.05, 0) is 26.7 Å². The molecule has 1 unspecified atom stereocenters. The van der Waals surface area contributed by atoms with Crippen LogP contribution in [0.2, 0.25) is 0 Å². The predicted molar refractivity (Wildman–Crippen MR) is 65.0 cm³/mol. The van der Waals surface area contributed by atoms with Crippen molar-refractivity contribution in [2.75, 3.05) is 19.8 Å². The molecule has 0 radical (unpaired) electrons. The summed E-state index contributed by atoms with van der Waals surface area (Å²) < 4.78 is 18.3. The topological polar surface area (TPSA) is 58.4 Å². The molecule has 1 aliphatic heterocycles. The summed E-state index contributed by atoms with van der Waals surface area (Å²) >= 11 is 0. The summed E-state index contributed by atoms with van der Waals surface area (Å²) in [5.41, 5.74) is 0.719. The Bertz CT molecular complexity index is 344. The zero-order chi connectivity index (χ0) is 12.8. The fraction of sp³-hybridized carbons (Fsp3) is 0.833. The first-order chi connectivity index (χ1) is 8.83. The number of ether oxygens (including phenoxy) is 3. The number of hydrogen-bond acceptors (Lipinski definition) is 5. The normalized spacial score (nSPS) is 19.8. The van der Waals surface area contributed by atoms with Gasteiger partial charge in [0.25, 0.3) is 0 Å². The third-order valence-corrected chi connectivity index (χ3v) is 2.85. The lowest BCUT2D eigenvalue weighted by Gasteiger charge is -2.13. The molecule has 1 fully saturated rings. The average Bonchev–Trinajstić information content (AvgIpc) is 3.01. The number of hydrogen-bond donors (Lipinski definition) is 0. The quantitative estimate of drug-likeness (QED) is 0.691. The maximum atomic E-state index is 5.57. The van der Waals surface area contributed by atoms with Crippen molar-refractivity contribution in [2.24, 2.45) is 0 Å². The lowest BCUT2D eigenvalue weighted by Crippen LogP contribution is -2.15. The fourth-order valence-electron chi connectivity index (χ4n) is 2.03. The highest BCUT2D eigenvalue weighted by Gasteiger charge is 2.19. The first-order valence-corrected chi connectivity index (χ1v) is 6.58. The molecule has 2 rings (SSSR count). The van der Waals surface area contributed by atoms with Crippen molar-refractivity contribution < 1.29 is 14.2 Å². The number of aromatic nitrogens is 3. The van der Waals surface area contributed by atoms with E-state index in [0.29, 0.717) is 13.2 Å². The monoisotopic (exact) mass is 255 g/mol. The summed E-state index contributed by atoms with van der Waals surface area (Å²) in [7, 11) is 0. The fourth-order valence-corrected chi connectivity index (χ4v) is 2.03. The Labute approximate surface area is 107 Å². The van der Waals surface area contributed by atoms with Gasteiger partial charge in [-0.3, -0.25) is 0 Å². The highest BCUT2D eigenvalue weighted by molar-refractivity contribution is 4.94. The van der Waals surface area contributed by atoms with Crippen molar-refractivity contribution >= 4 is 0 Å². The minimum absolute atomic E-state index is 0.261. The first-order valence-electron chi connectivity index (χ1n) is 6.58. The van der Waals surface area contributed by atoms with E-state index >= 15 is 0 Å². The molecular formula is C12H21N3O3. The van der Waals surface area contributed by atoms with Crippen LogP contribution in [0.1, 0.15) is 38.7 Å². The summed E-state index contributed by atoms with van der Waals surface area (Å²) in [4.78, 5) is 0. The van der Waals surface area contributed by atoms with Gasteiger partial charge in [0, 0.05) is 19.8 Å². The van der Waals surface area contributed by atoms with Gasteiger partial charge < -0.3 is 14.2 Å². The minimum Gasteiger partial charge on any atom is -0.376 e. The zero-order valence-corrected chi connectivity index (χ0v) is 11.0. The molecule has 6 heteroatoms. The highest BCUT2D eigenvalue weighted by Crippen LogP contribution is 2.17. The molecule has 1 aromatic rings. The molecule has 0 bridgehead atoms. The van der Waals surface area contributed by atoms with E-state index in [2.05, 4.69) is 10.3 Å².